The highest BCUT2D eigenvalue weighted by Gasteiger charge is 2.00. The minimum atomic E-state index is 0. The van der Waals surface area contributed by atoms with Crippen LogP contribution in [0.1, 0.15) is 11.3 Å². The summed E-state index contributed by atoms with van der Waals surface area (Å²) in [6.45, 7) is 2.64. The third-order valence-electron chi connectivity index (χ3n) is 3.43. The number of benzene rings is 1. The summed E-state index contributed by atoms with van der Waals surface area (Å²) in [6, 6.07) is 11.7. The maximum atomic E-state index is 5.65. The first-order valence-corrected chi connectivity index (χ1v) is 7.99. The Morgan fingerprint density at radius 2 is 1.88 bits per heavy atom. The van der Waals surface area contributed by atoms with Crippen molar-refractivity contribution in [1.29, 1.82) is 0 Å². The van der Waals surface area contributed by atoms with Gasteiger partial charge < -0.3 is 24.5 Å². The molecule has 7 heteroatoms. The van der Waals surface area contributed by atoms with E-state index in [1.807, 2.05) is 36.4 Å². The molecule has 2 rings (SSSR count). The minimum absolute atomic E-state index is 0. The number of hydrogen-bond donors (Lipinski definition) is 2. The van der Waals surface area contributed by atoms with Gasteiger partial charge in [0.25, 0.3) is 0 Å². The fourth-order valence-electron chi connectivity index (χ4n) is 2.13. The summed E-state index contributed by atoms with van der Waals surface area (Å²) in [5.41, 5.74) is 1.12. The molecule has 0 radical (unpaired) electrons. The summed E-state index contributed by atoms with van der Waals surface area (Å²) < 4.78 is 16.1. The van der Waals surface area contributed by atoms with Gasteiger partial charge in [0.15, 0.2) is 5.96 Å². The summed E-state index contributed by atoms with van der Waals surface area (Å²) in [4.78, 5) is 4.18. The lowest BCUT2D eigenvalue weighted by Gasteiger charge is -2.11. The van der Waals surface area contributed by atoms with Crippen LogP contribution >= 0.6 is 24.0 Å². The van der Waals surface area contributed by atoms with Crippen LogP contribution in [0.2, 0.25) is 0 Å². The smallest absolute Gasteiger partial charge is 0.191 e. The highest BCUT2D eigenvalue weighted by atomic mass is 127. The van der Waals surface area contributed by atoms with Gasteiger partial charge in [-0.2, -0.15) is 0 Å². The Hall–Kier alpha value is -1.74. The first-order chi connectivity index (χ1) is 11.8. The SMILES string of the molecule is CN=C(NCCOCc1ccc(OC)cc1)NCCc1ccco1.I. The lowest BCUT2D eigenvalue weighted by molar-refractivity contribution is 0.125. The molecule has 0 amide bonds. The van der Waals surface area contributed by atoms with Gasteiger partial charge in [0.05, 0.1) is 26.6 Å². The molecule has 0 saturated carbocycles. The summed E-state index contributed by atoms with van der Waals surface area (Å²) in [7, 11) is 3.41. The number of ether oxygens (including phenoxy) is 2. The van der Waals surface area contributed by atoms with E-state index in [4.69, 9.17) is 13.9 Å². The molecule has 6 nitrogen and oxygen atoms in total. The molecular weight excluding hydrogens is 433 g/mol. The maximum absolute atomic E-state index is 5.65. The van der Waals surface area contributed by atoms with Gasteiger partial charge in [-0.05, 0) is 29.8 Å². The molecule has 1 heterocycles. The fraction of sp³-hybridized carbons (Fsp3) is 0.389. The second-order valence-corrected chi connectivity index (χ2v) is 5.16. The third-order valence-corrected chi connectivity index (χ3v) is 3.43. The van der Waals surface area contributed by atoms with E-state index >= 15 is 0 Å². The quantitative estimate of drug-likeness (QED) is 0.261. The first-order valence-electron chi connectivity index (χ1n) is 7.99. The van der Waals surface area contributed by atoms with Gasteiger partial charge in [0, 0.05) is 26.6 Å². The van der Waals surface area contributed by atoms with E-state index in [2.05, 4.69) is 15.6 Å². The van der Waals surface area contributed by atoms with Crippen LogP contribution in [0.5, 0.6) is 5.75 Å². The predicted molar refractivity (Wildman–Crippen MR) is 110 cm³/mol. The molecule has 0 aliphatic heterocycles. The average molecular weight is 459 g/mol. The van der Waals surface area contributed by atoms with Crippen LogP contribution in [0.4, 0.5) is 0 Å². The van der Waals surface area contributed by atoms with Crippen molar-refractivity contribution in [3.05, 3.63) is 54.0 Å². The molecular formula is C18H26IN3O3. The number of furan rings is 1. The Balaban J connectivity index is 0.00000312. The van der Waals surface area contributed by atoms with Crippen molar-refractivity contribution in [3.8, 4) is 5.75 Å². The molecule has 0 aliphatic carbocycles. The van der Waals surface area contributed by atoms with Crippen LogP contribution in [-0.2, 0) is 17.8 Å². The molecule has 0 fully saturated rings. The van der Waals surface area contributed by atoms with E-state index in [-0.39, 0.29) is 24.0 Å². The monoisotopic (exact) mass is 459 g/mol. The lowest BCUT2D eigenvalue weighted by atomic mass is 10.2. The summed E-state index contributed by atoms with van der Waals surface area (Å²) in [6.07, 6.45) is 2.50. The predicted octanol–water partition coefficient (Wildman–Crippen LogP) is 2.83. The lowest BCUT2D eigenvalue weighted by Crippen LogP contribution is -2.39. The number of hydrogen-bond acceptors (Lipinski definition) is 4. The van der Waals surface area contributed by atoms with Crippen LogP contribution < -0.4 is 15.4 Å². The van der Waals surface area contributed by atoms with E-state index in [0.29, 0.717) is 19.8 Å². The zero-order valence-corrected chi connectivity index (χ0v) is 17.0. The third kappa shape index (κ3) is 8.26. The van der Waals surface area contributed by atoms with Crippen molar-refractivity contribution in [2.45, 2.75) is 13.0 Å². The number of nitrogens with zero attached hydrogens (tertiary/aromatic N) is 1. The first kappa shape index (κ1) is 21.3. The van der Waals surface area contributed by atoms with E-state index in [1.54, 1.807) is 20.4 Å². The minimum Gasteiger partial charge on any atom is -0.497 e. The summed E-state index contributed by atoms with van der Waals surface area (Å²) in [5.74, 6) is 2.57. The van der Waals surface area contributed by atoms with E-state index in [9.17, 15) is 0 Å². The molecule has 1 aromatic carbocycles. The second kappa shape index (κ2) is 12.6. The summed E-state index contributed by atoms with van der Waals surface area (Å²) in [5, 5.41) is 6.46. The second-order valence-electron chi connectivity index (χ2n) is 5.16. The highest BCUT2D eigenvalue weighted by molar-refractivity contribution is 14.0. The van der Waals surface area contributed by atoms with Crippen molar-refractivity contribution in [3.63, 3.8) is 0 Å². The number of guanidine groups is 1. The Labute approximate surface area is 166 Å². The summed E-state index contributed by atoms with van der Waals surface area (Å²) >= 11 is 0. The van der Waals surface area contributed by atoms with Crippen molar-refractivity contribution in [2.75, 3.05) is 33.9 Å². The van der Waals surface area contributed by atoms with Gasteiger partial charge in [-0.15, -0.1) is 24.0 Å². The molecule has 0 unspecified atom stereocenters. The Morgan fingerprint density at radius 3 is 2.52 bits per heavy atom. The molecule has 0 atom stereocenters. The van der Waals surface area contributed by atoms with Gasteiger partial charge in [-0.3, -0.25) is 4.99 Å². The van der Waals surface area contributed by atoms with Gasteiger partial charge in [0.1, 0.15) is 11.5 Å². The standard InChI is InChI=1S/C18H25N3O3.HI/c1-19-18(20-10-9-17-4-3-12-24-17)21-11-13-23-14-15-5-7-16(22-2)8-6-15;/h3-8,12H,9-11,13-14H2,1-2H3,(H2,19,20,21);1H. The number of halogens is 1. The molecule has 0 aliphatic rings. The van der Waals surface area contributed by atoms with Gasteiger partial charge in [0.2, 0.25) is 0 Å². The molecule has 2 aromatic rings. The highest BCUT2D eigenvalue weighted by Crippen LogP contribution is 2.11. The molecule has 0 bridgehead atoms. The van der Waals surface area contributed by atoms with Crippen LogP contribution in [-0.4, -0.2) is 39.8 Å². The van der Waals surface area contributed by atoms with Crippen molar-refractivity contribution in [1.82, 2.24) is 10.6 Å². The normalized spacial score (nSPS) is 10.9. The van der Waals surface area contributed by atoms with Gasteiger partial charge in [-0.25, -0.2) is 0 Å². The molecule has 0 spiro atoms. The topological polar surface area (TPSA) is 68.0 Å². The van der Waals surface area contributed by atoms with E-state index in [0.717, 1.165) is 36.0 Å². The zero-order chi connectivity index (χ0) is 17.0. The number of nitrogens with one attached hydrogen (secondary N) is 2. The molecule has 138 valence electrons. The van der Waals surface area contributed by atoms with Gasteiger partial charge >= 0.3 is 0 Å². The number of aliphatic imine (C=N–C) groups is 1. The largest absolute Gasteiger partial charge is 0.497 e. The Bertz CT molecular complexity index is 601. The van der Waals surface area contributed by atoms with Crippen molar-refractivity contribution < 1.29 is 13.9 Å². The average Bonchev–Trinajstić information content (AvgIpc) is 3.14. The van der Waals surface area contributed by atoms with Crippen LogP contribution in [0.15, 0.2) is 52.1 Å². The molecule has 1 aromatic heterocycles. The van der Waals surface area contributed by atoms with Crippen LogP contribution in [0.3, 0.4) is 0 Å². The maximum Gasteiger partial charge on any atom is 0.191 e. The zero-order valence-electron chi connectivity index (χ0n) is 14.7. The van der Waals surface area contributed by atoms with Crippen LogP contribution in [0, 0.1) is 0 Å². The van der Waals surface area contributed by atoms with Crippen LogP contribution in [0.25, 0.3) is 0 Å². The van der Waals surface area contributed by atoms with Crippen molar-refractivity contribution in [2.24, 2.45) is 4.99 Å². The Kier molecular flexibility index (Phi) is 10.7. The van der Waals surface area contributed by atoms with Crippen molar-refractivity contribution >= 4 is 29.9 Å². The van der Waals surface area contributed by atoms with E-state index in [1.165, 1.54) is 0 Å². The fourth-order valence-corrected chi connectivity index (χ4v) is 2.13. The molecule has 2 N–H and O–H groups in total. The number of methoxy groups -OCH3 is 1. The molecule has 25 heavy (non-hydrogen) atoms. The van der Waals surface area contributed by atoms with E-state index < -0.39 is 0 Å². The van der Waals surface area contributed by atoms with Gasteiger partial charge in [-0.1, -0.05) is 12.1 Å². The Morgan fingerprint density at radius 1 is 1.12 bits per heavy atom. The number of rotatable bonds is 9. The molecule has 0 saturated heterocycles.